The largest absolute Gasteiger partial charge is 0.308 e. The van der Waals surface area contributed by atoms with Crippen LogP contribution >= 0.6 is 0 Å². The molecule has 0 saturated heterocycles. The van der Waals surface area contributed by atoms with Gasteiger partial charge in [-0.25, -0.2) is 10.8 Å². The van der Waals surface area contributed by atoms with Gasteiger partial charge in [-0.2, -0.15) is 5.10 Å². The van der Waals surface area contributed by atoms with Gasteiger partial charge in [0.05, 0.1) is 12.7 Å². The SMILES string of the molecule is Cc1cnn(Cc2cccnc2NN)c1. The van der Waals surface area contributed by atoms with Gasteiger partial charge in [0.2, 0.25) is 0 Å². The Morgan fingerprint density at radius 1 is 1.53 bits per heavy atom. The number of aryl methyl sites for hydroxylation is 1. The van der Waals surface area contributed by atoms with Gasteiger partial charge in [-0.1, -0.05) is 6.07 Å². The summed E-state index contributed by atoms with van der Waals surface area (Å²) in [6.45, 7) is 2.68. The smallest absolute Gasteiger partial charge is 0.144 e. The van der Waals surface area contributed by atoms with Crippen LogP contribution in [0.4, 0.5) is 5.82 Å². The highest BCUT2D eigenvalue weighted by Gasteiger charge is 2.02. The molecule has 15 heavy (non-hydrogen) atoms. The monoisotopic (exact) mass is 203 g/mol. The number of nitrogens with two attached hydrogens (primary N) is 1. The summed E-state index contributed by atoms with van der Waals surface area (Å²) in [4.78, 5) is 4.12. The van der Waals surface area contributed by atoms with Crippen molar-refractivity contribution in [1.29, 1.82) is 0 Å². The van der Waals surface area contributed by atoms with E-state index in [9.17, 15) is 0 Å². The summed E-state index contributed by atoms with van der Waals surface area (Å²) < 4.78 is 1.85. The van der Waals surface area contributed by atoms with Crippen molar-refractivity contribution in [3.05, 3.63) is 41.9 Å². The van der Waals surface area contributed by atoms with Crippen LogP contribution < -0.4 is 11.3 Å². The number of hydrogen-bond acceptors (Lipinski definition) is 4. The molecule has 2 heterocycles. The van der Waals surface area contributed by atoms with Crippen LogP contribution in [0.1, 0.15) is 11.1 Å². The molecule has 2 aromatic heterocycles. The third-order valence-corrected chi connectivity index (χ3v) is 2.12. The van der Waals surface area contributed by atoms with E-state index in [-0.39, 0.29) is 0 Å². The van der Waals surface area contributed by atoms with E-state index in [2.05, 4.69) is 15.5 Å². The minimum absolute atomic E-state index is 0.668. The summed E-state index contributed by atoms with van der Waals surface area (Å²) in [6.07, 6.45) is 5.51. The van der Waals surface area contributed by atoms with E-state index in [0.29, 0.717) is 12.4 Å². The Bertz CT molecular complexity index is 449. The lowest BCUT2D eigenvalue weighted by molar-refractivity contribution is 0.685. The third-order valence-electron chi connectivity index (χ3n) is 2.12. The Kier molecular flexibility index (Phi) is 2.64. The summed E-state index contributed by atoms with van der Waals surface area (Å²) in [6, 6.07) is 3.85. The molecule has 5 nitrogen and oxygen atoms in total. The molecule has 0 aliphatic rings. The molecule has 0 aromatic carbocycles. The van der Waals surface area contributed by atoms with Crippen LogP contribution in [0.25, 0.3) is 0 Å². The topological polar surface area (TPSA) is 68.8 Å². The van der Waals surface area contributed by atoms with Crippen LogP contribution in [0, 0.1) is 6.92 Å². The second-order valence-electron chi connectivity index (χ2n) is 3.37. The fraction of sp³-hybridized carbons (Fsp3) is 0.200. The Morgan fingerprint density at radius 3 is 3.07 bits per heavy atom. The quantitative estimate of drug-likeness (QED) is 0.575. The first-order chi connectivity index (χ1) is 7.29. The number of hydrazine groups is 1. The van der Waals surface area contributed by atoms with Crippen LogP contribution in [0.3, 0.4) is 0 Å². The zero-order valence-corrected chi connectivity index (χ0v) is 8.51. The molecule has 0 aliphatic heterocycles. The number of pyridine rings is 1. The van der Waals surface area contributed by atoms with Gasteiger partial charge in [-0.15, -0.1) is 0 Å². The van der Waals surface area contributed by atoms with Gasteiger partial charge in [-0.3, -0.25) is 4.68 Å². The number of hydrogen-bond donors (Lipinski definition) is 2. The van der Waals surface area contributed by atoms with Crippen molar-refractivity contribution in [2.45, 2.75) is 13.5 Å². The lowest BCUT2D eigenvalue weighted by Gasteiger charge is -2.06. The van der Waals surface area contributed by atoms with Crippen molar-refractivity contribution in [2.75, 3.05) is 5.43 Å². The van der Waals surface area contributed by atoms with Gasteiger partial charge in [0.25, 0.3) is 0 Å². The third kappa shape index (κ3) is 2.13. The molecule has 0 bridgehead atoms. The average Bonchev–Trinajstić information content (AvgIpc) is 2.65. The second-order valence-corrected chi connectivity index (χ2v) is 3.37. The van der Waals surface area contributed by atoms with Gasteiger partial charge < -0.3 is 5.43 Å². The van der Waals surface area contributed by atoms with E-state index >= 15 is 0 Å². The highest BCUT2D eigenvalue weighted by molar-refractivity contribution is 5.42. The van der Waals surface area contributed by atoms with Crippen molar-refractivity contribution in [3.8, 4) is 0 Å². The maximum absolute atomic E-state index is 5.37. The summed E-state index contributed by atoms with van der Waals surface area (Å²) in [5, 5.41) is 4.21. The van der Waals surface area contributed by atoms with Crippen LogP contribution in [-0.4, -0.2) is 14.8 Å². The van der Waals surface area contributed by atoms with Crippen LogP contribution in [0.15, 0.2) is 30.7 Å². The first-order valence-corrected chi connectivity index (χ1v) is 4.69. The Hall–Kier alpha value is -1.88. The van der Waals surface area contributed by atoms with E-state index < -0.39 is 0 Å². The molecule has 3 N–H and O–H groups in total. The second kappa shape index (κ2) is 4.10. The van der Waals surface area contributed by atoms with Crippen molar-refractivity contribution in [3.63, 3.8) is 0 Å². The number of anilines is 1. The molecule has 0 fully saturated rings. The molecular weight excluding hydrogens is 190 g/mol. The summed E-state index contributed by atoms with van der Waals surface area (Å²) >= 11 is 0. The normalized spacial score (nSPS) is 10.3. The number of nitrogens with zero attached hydrogens (tertiary/aromatic N) is 3. The molecule has 0 spiro atoms. The fourth-order valence-electron chi connectivity index (χ4n) is 1.42. The number of nitrogen functional groups attached to an aromatic ring is 1. The molecule has 0 radical (unpaired) electrons. The van der Waals surface area contributed by atoms with Crippen LogP contribution in [-0.2, 0) is 6.54 Å². The van der Waals surface area contributed by atoms with Gasteiger partial charge >= 0.3 is 0 Å². The molecule has 0 unspecified atom stereocenters. The predicted molar refractivity (Wildman–Crippen MR) is 58.1 cm³/mol. The van der Waals surface area contributed by atoms with E-state index in [1.165, 1.54) is 0 Å². The van der Waals surface area contributed by atoms with E-state index in [0.717, 1.165) is 11.1 Å². The number of aromatic nitrogens is 3. The van der Waals surface area contributed by atoms with Crippen molar-refractivity contribution in [1.82, 2.24) is 14.8 Å². The van der Waals surface area contributed by atoms with E-state index in [1.54, 1.807) is 6.20 Å². The first-order valence-electron chi connectivity index (χ1n) is 4.69. The standard InChI is InChI=1S/C10H13N5/c1-8-5-13-15(6-8)7-9-3-2-4-12-10(9)14-11/h2-6H,7,11H2,1H3,(H,12,14). The van der Waals surface area contributed by atoms with E-state index in [4.69, 9.17) is 5.84 Å². The fourth-order valence-corrected chi connectivity index (χ4v) is 1.42. The average molecular weight is 203 g/mol. The lowest BCUT2D eigenvalue weighted by atomic mass is 10.2. The molecule has 5 heteroatoms. The Morgan fingerprint density at radius 2 is 2.40 bits per heavy atom. The maximum Gasteiger partial charge on any atom is 0.144 e. The van der Waals surface area contributed by atoms with Crippen molar-refractivity contribution < 1.29 is 0 Å². The van der Waals surface area contributed by atoms with Crippen molar-refractivity contribution >= 4 is 5.82 Å². The Balaban J connectivity index is 2.23. The summed E-state index contributed by atoms with van der Waals surface area (Å²) in [5.74, 6) is 6.05. The summed E-state index contributed by atoms with van der Waals surface area (Å²) in [5.41, 5.74) is 4.73. The summed E-state index contributed by atoms with van der Waals surface area (Å²) in [7, 11) is 0. The van der Waals surface area contributed by atoms with Crippen LogP contribution in [0.5, 0.6) is 0 Å². The number of rotatable bonds is 3. The molecule has 0 saturated carbocycles. The van der Waals surface area contributed by atoms with Gasteiger partial charge in [0.15, 0.2) is 0 Å². The molecule has 0 aliphatic carbocycles. The molecular formula is C10H13N5. The zero-order chi connectivity index (χ0) is 10.7. The highest BCUT2D eigenvalue weighted by atomic mass is 15.3. The highest BCUT2D eigenvalue weighted by Crippen LogP contribution is 2.11. The van der Waals surface area contributed by atoms with E-state index in [1.807, 2.05) is 36.1 Å². The number of nitrogens with one attached hydrogen (secondary N) is 1. The Labute approximate surface area is 87.9 Å². The minimum Gasteiger partial charge on any atom is -0.308 e. The van der Waals surface area contributed by atoms with Gasteiger partial charge in [0, 0.05) is 18.0 Å². The first kappa shape index (κ1) is 9.67. The molecule has 2 rings (SSSR count). The molecule has 78 valence electrons. The molecule has 0 amide bonds. The zero-order valence-electron chi connectivity index (χ0n) is 8.51. The van der Waals surface area contributed by atoms with Gasteiger partial charge in [-0.05, 0) is 18.6 Å². The predicted octanol–water partition coefficient (Wildman–Crippen LogP) is 0.920. The van der Waals surface area contributed by atoms with Gasteiger partial charge in [0.1, 0.15) is 5.82 Å². The maximum atomic E-state index is 5.37. The lowest BCUT2D eigenvalue weighted by Crippen LogP contribution is -2.12. The van der Waals surface area contributed by atoms with Crippen LogP contribution in [0.2, 0.25) is 0 Å². The molecule has 0 atom stereocenters. The molecule has 2 aromatic rings. The minimum atomic E-state index is 0.668. The van der Waals surface area contributed by atoms with Crippen molar-refractivity contribution in [2.24, 2.45) is 5.84 Å².